The second-order valence-electron chi connectivity index (χ2n) is 7.27. The predicted octanol–water partition coefficient (Wildman–Crippen LogP) is 2.35. The Morgan fingerprint density at radius 2 is 1.48 bits per heavy atom. The first-order valence-electron chi connectivity index (χ1n) is 9.93. The van der Waals surface area contributed by atoms with Gasteiger partial charge in [-0.25, -0.2) is 9.97 Å². The van der Waals surface area contributed by atoms with Crippen LogP contribution in [0.3, 0.4) is 0 Å². The number of carbonyl (C=O) groups is 1. The van der Waals surface area contributed by atoms with Crippen LogP contribution in [-0.2, 0) is 4.79 Å². The van der Waals surface area contributed by atoms with Crippen molar-refractivity contribution in [3.63, 3.8) is 0 Å². The van der Waals surface area contributed by atoms with Crippen molar-refractivity contribution in [1.29, 1.82) is 0 Å². The molecule has 2 aromatic rings. The normalized spacial score (nSPS) is 19.7. The first-order chi connectivity index (χ1) is 13.3. The van der Waals surface area contributed by atoms with Gasteiger partial charge in [-0.3, -0.25) is 9.69 Å². The maximum atomic E-state index is 13.4. The Labute approximate surface area is 160 Å². The van der Waals surface area contributed by atoms with Crippen LogP contribution >= 0.6 is 0 Å². The number of piperidine rings is 1. The molecular formula is C21H27N5O. The van der Waals surface area contributed by atoms with Gasteiger partial charge in [0.1, 0.15) is 6.04 Å². The van der Waals surface area contributed by atoms with E-state index < -0.39 is 0 Å². The minimum absolute atomic E-state index is 0.192. The molecule has 142 valence electrons. The molecular weight excluding hydrogens is 338 g/mol. The van der Waals surface area contributed by atoms with Gasteiger partial charge in [-0.2, -0.15) is 0 Å². The van der Waals surface area contributed by atoms with Crippen LogP contribution in [0.5, 0.6) is 0 Å². The number of likely N-dealkylation sites (tertiary alicyclic amines) is 1. The summed E-state index contributed by atoms with van der Waals surface area (Å²) in [6, 6.07) is 11.9. The van der Waals surface area contributed by atoms with Crippen molar-refractivity contribution in [2.45, 2.75) is 25.3 Å². The van der Waals surface area contributed by atoms with Crippen molar-refractivity contribution in [2.75, 3.05) is 44.2 Å². The maximum Gasteiger partial charge on any atom is 0.244 e. The van der Waals surface area contributed by atoms with Gasteiger partial charge in [-0.05, 0) is 30.9 Å². The van der Waals surface area contributed by atoms with E-state index >= 15 is 0 Å². The fraction of sp³-hybridized carbons (Fsp3) is 0.476. The largest absolute Gasteiger partial charge is 0.341 e. The average Bonchev–Trinajstić information content (AvgIpc) is 2.76. The summed E-state index contributed by atoms with van der Waals surface area (Å²) in [7, 11) is 0. The van der Waals surface area contributed by atoms with Crippen LogP contribution in [0.1, 0.15) is 30.9 Å². The average molecular weight is 365 g/mol. The van der Waals surface area contributed by atoms with E-state index in [-0.39, 0.29) is 11.9 Å². The molecule has 4 rings (SSSR count). The number of anilines is 1. The topological polar surface area (TPSA) is 52.6 Å². The second kappa shape index (κ2) is 8.48. The van der Waals surface area contributed by atoms with E-state index in [9.17, 15) is 4.79 Å². The SMILES string of the molecule is O=C([C@H](c1ccccc1)N1CCN(c2ncccn2)CC1)N1CCCCC1. The predicted molar refractivity (Wildman–Crippen MR) is 105 cm³/mol. The van der Waals surface area contributed by atoms with Crippen molar-refractivity contribution in [2.24, 2.45) is 0 Å². The molecule has 0 N–H and O–H groups in total. The molecule has 1 atom stereocenters. The highest BCUT2D eigenvalue weighted by molar-refractivity contribution is 5.83. The zero-order chi connectivity index (χ0) is 18.5. The molecule has 0 unspecified atom stereocenters. The van der Waals surface area contributed by atoms with Crippen LogP contribution in [0.25, 0.3) is 0 Å². The summed E-state index contributed by atoms with van der Waals surface area (Å²) in [6.07, 6.45) is 7.02. The lowest BCUT2D eigenvalue weighted by Crippen LogP contribution is -2.52. The van der Waals surface area contributed by atoms with Crippen LogP contribution in [-0.4, -0.2) is 64.9 Å². The minimum Gasteiger partial charge on any atom is -0.341 e. The van der Waals surface area contributed by atoms with Gasteiger partial charge in [0.05, 0.1) is 0 Å². The van der Waals surface area contributed by atoms with Gasteiger partial charge < -0.3 is 9.80 Å². The molecule has 2 aliphatic rings. The highest BCUT2D eigenvalue weighted by Gasteiger charge is 2.34. The van der Waals surface area contributed by atoms with Crippen LogP contribution in [0.2, 0.25) is 0 Å². The van der Waals surface area contributed by atoms with Gasteiger partial charge in [0, 0.05) is 51.7 Å². The Balaban J connectivity index is 1.50. The van der Waals surface area contributed by atoms with E-state index in [1.54, 1.807) is 12.4 Å². The Morgan fingerprint density at radius 3 is 2.15 bits per heavy atom. The number of aromatic nitrogens is 2. The molecule has 2 fully saturated rings. The molecule has 6 heteroatoms. The number of carbonyl (C=O) groups excluding carboxylic acids is 1. The number of rotatable bonds is 4. The van der Waals surface area contributed by atoms with Crippen LogP contribution < -0.4 is 4.90 Å². The van der Waals surface area contributed by atoms with Gasteiger partial charge in [-0.1, -0.05) is 30.3 Å². The molecule has 27 heavy (non-hydrogen) atoms. The fourth-order valence-corrected chi connectivity index (χ4v) is 4.07. The highest BCUT2D eigenvalue weighted by atomic mass is 16.2. The quantitative estimate of drug-likeness (QED) is 0.833. The fourth-order valence-electron chi connectivity index (χ4n) is 4.07. The maximum absolute atomic E-state index is 13.4. The van der Waals surface area contributed by atoms with E-state index in [4.69, 9.17) is 0 Å². The number of nitrogens with zero attached hydrogens (tertiary/aromatic N) is 5. The van der Waals surface area contributed by atoms with Crippen molar-refractivity contribution >= 4 is 11.9 Å². The van der Waals surface area contributed by atoms with E-state index in [0.717, 1.165) is 63.6 Å². The number of benzene rings is 1. The Morgan fingerprint density at radius 1 is 0.815 bits per heavy atom. The Hall–Kier alpha value is -2.47. The lowest BCUT2D eigenvalue weighted by molar-refractivity contribution is -0.138. The van der Waals surface area contributed by atoms with Crippen molar-refractivity contribution in [3.05, 3.63) is 54.4 Å². The molecule has 1 aromatic heterocycles. The van der Waals surface area contributed by atoms with E-state index in [1.165, 1.54) is 6.42 Å². The van der Waals surface area contributed by atoms with Crippen LogP contribution in [0, 0.1) is 0 Å². The van der Waals surface area contributed by atoms with Crippen molar-refractivity contribution < 1.29 is 4.79 Å². The summed E-state index contributed by atoms with van der Waals surface area (Å²) in [6.45, 7) is 5.11. The molecule has 3 heterocycles. The third kappa shape index (κ3) is 4.11. The van der Waals surface area contributed by atoms with Gasteiger partial charge >= 0.3 is 0 Å². The summed E-state index contributed by atoms with van der Waals surface area (Å²) < 4.78 is 0. The molecule has 0 saturated carbocycles. The third-order valence-corrected chi connectivity index (χ3v) is 5.53. The summed E-state index contributed by atoms with van der Waals surface area (Å²) >= 11 is 0. The molecule has 1 amide bonds. The van der Waals surface area contributed by atoms with E-state index in [0.29, 0.717) is 0 Å². The Kier molecular flexibility index (Phi) is 5.63. The third-order valence-electron chi connectivity index (χ3n) is 5.53. The first kappa shape index (κ1) is 17.9. The molecule has 0 aliphatic carbocycles. The van der Waals surface area contributed by atoms with Gasteiger partial charge in [0.25, 0.3) is 0 Å². The molecule has 0 spiro atoms. The van der Waals surface area contributed by atoms with Gasteiger partial charge in [0.2, 0.25) is 11.9 Å². The minimum atomic E-state index is -0.192. The van der Waals surface area contributed by atoms with E-state index in [1.807, 2.05) is 24.3 Å². The van der Waals surface area contributed by atoms with Crippen LogP contribution in [0.15, 0.2) is 48.8 Å². The zero-order valence-electron chi connectivity index (χ0n) is 15.7. The van der Waals surface area contributed by atoms with Crippen molar-refractivity contribution in [1.82, 2.24) is 19.8 Å². The molecule has 0 bridgehead atoms. The number of hydrogen-bond acceptors (Lipinski definition) is 5. The number of amides is 1. The second-order valence-corrected chi connectivity index (χ2v) is 7.27. The summed E-state index contributed by atoms with van der Waals surface area (Å²) in [5.41, 5.74) is 1.09. The lowest BCUT2D eigenvalue weighted by atomic mass is 10.0. The molecule has 0 radical (unpaired) electrons. The molecule has 1 aromatic carbocycles. The molecule has 2 saturated heterocycles. The lowest BCUT2D eigenvalue weighted by Gasteiger charge is -2.41. The molecule has 6 nitrogen and oxygen atoms in total. The van der Waals surface area contributed by atoms with Crippen LogP contribution in [0.4, 0.5) is 5.95 Å². The standard InChI is InChI=1S/C21H27N5O/c27-20(25-12-5-2-6-13-25)19(18-8-3-1-4-9-18)24-14-16-26(17-15-24)21-22-10-7-11-23-21/h1,3-4,7-11,19H,2,5-6,12-17H2/t19-/m0/s1. The number of hydrogen-bond donors (Lipinski definition) is 0. The monoisotopic (exact) mass is 365 g/mol. The summed E-state index contributed by atoms with van der Waals surface area (Å²) in [5.74, 6) is 1.03. The number of piperazine rings is 1. The summed E-state index contributed by atoms with van der Waals surface area (Å²) in [4.78, 5) is 28.7. The first-order valence-corrected chi connectivity index (χ1v) is 9.93. The van der Waals surface area contributed by atoms with Gasteiger partial charge in [0.15, 0.2) is 0 Å². The summed E-state index contributed by atoms with van der Waals surface area (Å²) in [5, 5.41) is 0. The Bertz CT molecular complexity index is 725. The van der Waals surface area contributed by atoms with Gasteiger partial charge in [-0.15, -0.1) is 0 Å². The van der Waals surface area contributed by atoms with Crippen molar-refractivity contribution in [3.8, 4) is 0 Å². The zero-order valence-corrected chi connectivity index (χ0v) is 15.7. The van der Waals surface area contributed by atoms with E-state index in [2.05, 4.69) is 36.8 Å². The highest BCUT2D eigenvalue weighted by Crippen LogP contribution is 2.26. The smallest absolute Gasteiger partial charge is 0.244 e. The molecule has 2 aliphatic heterocycles.